The van der Waals surface area contributed by atoms with Crippen molar-refractivity contribution in [3.8, 4) is 5.75 Å². The molecule has 0 aromatic heterocycles. The van der Waals surface area contributed by atoms with Gasteiger partial charge >= 0.3 is 12.4 Å². The van der Waals surface area contributed by atoms with E-state index in [1.807, 2.05) is 57.2 Å². The highest BCUT2D eigenvalue weighted by atomic mass is 19.4. The normalized spacial score (nSPS) is 17.2. The third kappa shape index (κ3) is 6.13. The van der Waals surface area contributed by atoms with Crippen molar-refractivity contribution in [1.29, 1.82) is 0 Å². The first-order valence-corrected chi connectivity index (χ1v) is 13.7. The zero-order chi connectivity index (χ0) is 29.4. The zero-order valence-corrected chi connectivity index (χ0v) is 23.3. The SMILES string of the molecule is CC(C)(C)C(O)c1cccc2c1N(c1ccccc1NC(=O)Nc1ccc(OC(F)(F)F)cc1)CC21CCNCC1. The molecule has 3 aromatic carbocycles. The molecule has 2 heterocycles. The van der Waals surface area contributed by atoms with Crippen LogP contribution in [0.3, 0.4) is 0 Å². The predicted molar refractivity (Wildman–Crippen MR) is 154 cm³/mol. The quantitative estimate of drug-likeness (QED) is 0.264. The number of para-hydroxylation sites is 3. The lowest BCUT2D eigenvalue weighted by Crippen LogP contribution is -2.42. The molecule has 2 aliphatic heterocycles. The van der Waals surface area contributed by atoms with Crippen molar-refractivity contribution in [1.82, 2.24) is 5.32 Å². The van der Waals surface area contributed by atoms with Gasteiger partial charge in [0.2, 0.25) is 0 Å². The number of ether oxygens (including phenoxy) is 1. The average Bonchev–Trinajstić information content (AvgIpc) is 3.22. The predicted octanol–water partition coefficient (Wildman–Crippen LogP) is 7.08. The van der Waals surface area contributed by atoms with Crippen LogP contribution in [0.2, 0.25) is 0 Å². The maximum Gasteiger partial charge on any atom is 0.573 e. The van der Waals surface area contributed by atoms with Crippen molar-refractivity contribution in [2.24, 2.45) is 5.41 Å². The Morgan fingerprint density at radius 2 is 1.66 bits per heavy atom. The fourth-order valence-electron chi connectivity index (χ4n) is 5.82. The number of fused-ring (bicyclic) bond motifs is 2. The highest BCUT2D eigenvalue weighted by Crippen LogP contribution is 2.53. The molecule has 5 rings (SSSR count). The number of nitrogens with zero attached hydrogens (tertiary/aromatic N) is 1. The maximum absolute atomic E-state index is 13.0. The number of hydrogen-bond acceptors (Lipinski definition) is 5. The molecular weight excluding hydrogens is 533 g/mol. The summed E-state index contributed by atoms with van der Waals surface area (Å²) in [4.78, 5) is 15.2. The van der Waals surface area contributed by atoms with E-state index in [4.69, 9.17) is 0 Å². The molecule has 10 heteroatoms. The van der Waals surface area contributed by atoms with Crippen molar-refractivity contribution >= 4 is 28.8 Å². The lowest BCUT2D eigenvalue weighted by molar-refractivity contribution is -0.274. The maximum atomic E-state index is 13.0. The van der Waals surface area contributed by atoms with Gasteiger partial charge in [-0.25, -0.2) is 4.79 Å². The molecule has 1 saturated heterocycles. The number of carbonyl (C=O) groups excluding carboxylic acids is 1. The van der Waals surface area contributed by atoms with Gasteiger partial charge in [0.25, 0.3) is 0 Å². The van der Waals surface area contributed by atoms with Gasteiger partial charge in [0, 0.05) is 23.2 Å². The molecule has 3 aromatic rings. The minimum Gasteiger partial charge on any atom is -0.406 e. The molecular formula is C31H35F3N4O3. The summed E-state index contributed by atoms with van der Waals surface area (Å²) in [7, 11) is 0. The van der Waals surface area contributed by atoms with Crippen LogP contribution < -0.4 is 25.6 Å². The number of alkyl halides is 3. The van der Waals surface area contributed by atoms with Gasteiger partial charge in [0.15, 0.2) is 0 Å². The molecule has 1 atom stereocenters. The van der Waals surface area contributed by atoms with Crippen molar-refractivity contribution in [3.05, 3.63) is 77.9 Å². The number of rotatable bonds is 5. The Bertz CT molecular complexity index is 1400. The van der Waals surface area contributed by atoms with Crippen molar-refractivity contribution < 1.29 is 27.8 Å². The van der Waals surface area contributed by atoms with Gasteiger partial charge in [0.05, 0.1) is 23.2 Å². The summed E-state index contributed by atoms with van der Waals surface area (Å²) in [6.07, 6.45) is -3.59. The number of amides is 2. The molecule has 0 aliphatic carbocycles. The van der Waals surface area contributed by atoms with Gasteiger partial charge in [-0.2, -0.15) is 0 Å². The Kier molecular flexibility index (Phi) is 7.65. The Hall–Kier alpha value is -3.76. The highest BCUT2D eigenvalue weighted by molar-refractivity contribution is 6.02. The zero-order valence-electron chi connectivity index (χ0n) is 23.3. The molecule has 2 aliphatic rings. The van der Waals surface area contributed by atoms with E-state index in [0.29, 0.717) is 17.9 Å². The van der Waals surface area contributed by atoms with E-state index in [0.717, 1.165) is 55.0 Å². The molecule has 0 bridgehead atoms. The number of aliphatic hydroxyl groups excluding tert-OH is 1. The lowest BCUT2D eigenvalue weighted by Gasteiger charge is -2.35. The van der Waals surface area contributed by atoms with Crippen molar-refractivity contribution in [3.63, 3.8) is 0 Å². The van der Waals surface area contributed by atoms with E-state index < -0.39 is 18.5 Å². The minimum atomic E-state index is -4.79. The highest BCUT2D eigenvalue weighted by Gasteiger charge is 2.46. The number of aliphatic hydroxyl groups is 1. The Labute approximate surface area is 237 Å². The van der Waals surface area contributed by atoms with Crippen molar-refractivity contribution in [2.75, 3.05) is 35.2 Å². The molecule has 0 saturated carbocycles. The number of urea groups is 1. The summed E-state index contributed by atoms with van der Waals surface area (Å²) in [5, 5.41) is 20.5. The largest absolute Gasteiger partial charge is 0.573 e. The van der Waals surface area contributed by atoms with Crippen LogP contribution in [0.15, 0.2) is 66.7 Å². The van der Waals surface area contributed by atoms with Gasteiger partial charge < -0.3 is 30.7 Å². The van der Waals surface area contributed by atoms with E-state index in [9.17, 15) is 23.1 Å². The smallest absolute Gasteiger partial charge is 0.406 e. The molecule has 0 radical (unpaired) electrons. The third-order valence-electron chi connectivity index (χ3n) is 7.83. The van der Waals surface area contributed by atoms with Crippen LogP contribution in [0, 0.1) is 5.41 Å². The Morgan fingerprint density at radius 3 is 2.32 bits per heavy atom. The first-order chi connectivity index (χ1) is 19.4. The topological polar surface area (TPSA) is 85.9 Å². The molecule has 218 valence electrons. The van der Waals surface area contributed by atoms with Gasteiger partial charge in [0.1, 0.15) is 5.75 Å². The first-order valence-electron chi connectivity index (χ1n) is 13.7. The van der Waals surface area contributed by atoms with Crippen LogP contribution in [0.4, 0.5) is 40.7 Å². The second kappa shape index (κ2) is 10.9. The molecule has 1 fully saturated rings. The minimum absolute atomic E-state index is 0.0935. The summed E-state index contributed by atoms with van der Waals surface area (Å²) >= 11 is 0. The summed E-state index contributed by atoms with van der Waals surface area (Å²) in [6.45, 7) is 8.54. The van der Waals surface area contributed by atoms with Gasteiger partial charge in [-0.3, -0.25) is 0 Å². The van der Waals surface area contributed by atoms with E-state index in [-0.39, 0.29) is 16.6 Å². The van der Waals surface area contributed by atoms with Crippen LogP contribution >= 0.6 is 0 Å². The number of carbonyl (C=O) groups is 1. The van der Waals surface area contributed by atoms with Crippen molar-refractivity contribution in [2.45, 2.75) is 51.5 Å². The van der Waals surface area contributed by atoms with E-state index in [2.05, 4.69) is 31.7 Å². The fourth-order valence-corrected chi connectivity index (χ4v) is 5.82. The number of halogens is 3. The van der Waals surface area contributed by atoms with Gasteiger partial charge in [-0.05, 0) is 73.3 Å². The van der Waals surface area contributed by atoms with Gasteiger partial charge in [-0.1, -0.05) is 51.1 Å². The molecule has 41 heavy (non-hydrogen) atoms. The number of piperidine rings is 1. The van der Waals surface area contributed by atoms with Crippen LogP contribution in [0.25, 0.3) is 0 Å². The summed E-state index contributed by atoms with van der Waals surface area (Å²) < 4.78 is 41.3. The van der Waals surface area contributed by atoms with Crippen LogP contribution in [-0.2, 0) is 5.41 Å². The summed E-state index contributed by atoms with van der Waals surface area (Å²) in [5.74, 6) is -0.374. The van der Waals surface area contributed by atoms with E-state index in [1.165, 1.54) is 17.7 Å². The third-order valence-corrected chi connectivity index (χ3v) is 7.83. The second-order valence-electron chi connectivity index (χ2n) is 11.8. The summed E-state index contributed by atoms with van der Waals surface area (Å²) in [6, 6.07) is 18.1. The average molecular weight is 569 g/mol. The number of anilines is 4. The number of benzene rings is 3. The van der Waals surface area contributed by atoms with E-state index in [1.54, 1.807) is 0 Å². The molecule has 4 N–H and O–H groups in total. The molecule has 1 unspecified atom stereocenters. The molecule has 1 spiro atoms. The van der Waals surface area contributed by atoms with Crippen LogP contribution in [0.5, 0.6) is 5.75 Å². The molecule has 2 amide bonds. The Morgan fingerprint density at radius 1 is 0.976 bits per heavy atom. The molecule has 7 nitrogen and oxygen atoms in total. The second-order valence-corrected chi connectivity index (χ2v) is 11.8. The lowest BCUT2D eigenvalue weighted by atomic mass is 9.73. The van der Waals surface area contributed by atoms with Crippen LogP contribution in [0.1, 0.15) is 50.8 Å². The monoisotopic (exact) mass is 568 g/mol. The first kappa shape index (κ1) is 28.8. The van der Waals surface area contributed by atoms with E-state index >= 15 is 0 Å². The number of hydrogen-bond donors (Lipinski definition) is 4. The van der Waals surface area contributed by atoms with Crippen LogP contribution in [-0.4, -0.2) is 37.1 Å². The Balaban J connectivity index is 1.45. The number of nitrogens with one attached hydrogen (secondary N) is 3. The standard InChI is InChI=1S/C31H35F3N4O3/c1-29(2,3)27(39)22-7-6-8-23-26(22)38(19-30(23)15-17-35-18-16-30)25-10-5-4-9-24(25)37-28(40)36-20-11-13-21(14-12-20)41-31(32,33)34/h4-14,27,35,39H,15-19H2,1-3H3,(H2,36,37,40). The van der Waals surface area contributed by atoms with Gasteiger partial charge in [-0.15, -0.1) is 13.2 Å². The fraction of sp³-hybridized carbons (Fsp3) is 0.387. The summed E-state index contributed by atoms with van der Waals surface area (Å²) in [5.41, 5.74) is 4.23.